The lowest BCUT2D eigenvalue weighted by molar-refractivity contribution is -0.138. The van der Waals surface area contributed by atoms with Gasteiger partial charge in [-0.1, -0.05) is 54.2 Å². The Labute approximate surface area is 226 Å². The van der Waals surface area contributed by atoms with Crippen molar-refractivity contribution in [2.24, 2.45) is 0 Å². The summed E-state index contributed by atoms with van der Waals surface area (Å²) >= 11 is 7.34. The van der Waals surface area contributed by atoms with Gasteiger partial charge >= 0.3 is 5.97 Å². The molecule has 0 fully saturated rings. The van der Waals surface area contributed by atoms with E-state index < -0.39 is 11.9 Å². The van der Waals surface area contributed by atoms with Crippen LogP contribution in [0, 0.1) is 18.3 Å². The first-order valence-electron chi connectivity index (χ1n) is 11.6. The normalized spacial score (nSPS) is 14.9. The van der Waals surface area contributed by atoms with Gasteiger partial charge in [-0.05, 0) is 56.2 Å². The molecule has 0 radical (unpaired) electrons. The van der Waals surface area contributed by atoms with Crippen LogP contribution in [0.5, 0.6) is 5.75 Å². The van der Waals surface area contributed by atoms with Crippen molar-refractivity contribution >= 4 is 40.9 Å². The number of halogens is 1. The number of nitrogens with zero attached hydrogens (tertiary/aromatic N) is 1. The van der Waals surface area contributed by atoms with Crippen LogP contribution in [0.3, 0.4) is 0 Å². The Bertz CT molecular complexity index is 1300. The molecule has 1 amide bonds. The number of esters is 1. The molecule has 2 N–H and O–H groups in total. The van der Waals surface area contributed by atoms with Crippen LogP contribution in [0.1, 0.15) is 30.9 Å². The molecule has 0 saturated heterocycles. The molecular formula is C28H28ClN3O4S. The number of hydrogen-bond donors (Lipinski definition) is 2. The van der Waals surface area contributed by atoms with Crippen molar-refractivity contribution in [2.45, 2.75) is 26.7 Å². The molecule has 1 aliphatic rings. The fraction of sp³-hybridized carbons (Fsp3) is 0.250. The van der Waals surface area contributed by atoms with Crippen molar-refractivity contribution < 1.29 is 19.1 Å². The summed E-state index contributed by atoms with van der Waals surface area (Å²) in [4.78, 5) is 25.7. The Hall–Kier alpha value is -3.67. The molecule has 1 heterocycles. The maximum atomic E-state index is 13.0. The van der Waals surface area contributed by atoms with Crippen molar-refractivity contribution in [1.29, 1.82) is 5.26 Å². The van der Waals surface area contributed by atoms with E-state index in [1.54, 1.807) is 31.2 Å². The van der Waals surface area contributed by atoms with Crippen LogP contribution in [0.4, 0.5) is 5.69 Å². The molecule has 0 saturated carbocycles. The van der Waals surface area contributed by atoms with Crippen molar-refractivity contribution in [2.75, 3.05) is 24.3 Å². The van der Waals surface area contributed by atoms with Gasteiger partial charge < -0.3 is 20.1 Å². The van der Waals surface area contributed by atoms with Crippen molar-refractivity contribution in [1.82, 2.24) is 5.32 Å². The molecule has 9 heteroatoms. The van der Waals surface area contributed by atoms with Crippen LogP contribution in [-0.2, 0) is 14.3 Å². The lowest BCUT2D eigenvalue weighted by Gasteiger charge is -2.29. The number of nitriles is 1. The molecule has 1 aliphatic heterocycles. The number of nitrogens with one attached hydrogen (secondary N) is 2. The third-order valence-corrected chi connectivity index (χ3v) is 6.95. The van der Waals surface area contributed by atoms with E-state index in [4.69, 9.17) is 21.1 Å². The molecule has 0 aromatic heterocycles. The molecule has 37 heavy (non-hydrogen) atoms. The van der Waals surface area contributed by atoms with Gasteiger partial charge in [-0.2, -0.15) is 5.26 Å². The molecule has 2 aromatic rings. The maximum Gasteiger partial charge on any atom is 0.337 e. The monoisotopic (exact) mass is 537 g/mol. The Morgan fingerprint density at radius 2 is 1.97 bits per heavy atom. The Kier molecular flexibility index (Phi) is 9.84. The lowest BCUT2D eigenvalue weighted by Crippen LogP contribution is -2.29. The van der Waals surface area contributed by atoms with Gasteiger partial charge in [0.1, 0.15) is 12.4 Å². The number of rotatable bonds is 10. The number of anilines is 1. The first-order valence-corrected chi connectivity index (χ1v) is 13.0. The second kappa shape index (κ2) is 13.0. The number of ether oxygens (including phenoxy) is 2. The number of carbonyl (C=O) groups excluding carboxylic acids is 2. The average molecular weight is 538 g/mol. The van der Waals surface area contributed by atoms with E-state index in [0.717, 1.165) is 11.1 Å². The minimum atomic E-state index is -0.680. The van der Waals surface area contributed by atoms with Gasteiger partial charge in [0.2, 0.25) is 5.91 Å². The first kappa shape index (κ1) is 27.9. The number of hydrogen-bond acceptors (Lipinski definition) is 7. The van der Waals surface area contributed by atoms with Crippen LogP contribution in [0.25, 0.3) is 0 Å². The van der Waals surface area contributed by atoms with Gasteiger partial charge in [0.05, 0.1) is 40.5 Å². The van der Waals surface area contributed by atoms with Gasteiger partial charge in [0, 0.05) is 16.4 Å². The third kappa shape index (κ3) is 6.97. The number of allylic oxidation sites excluding steroid dienone is 2. The quantitative estimate of drug-likeness (QED) is 0.290. The summed E-state index contributed by atoms with van der Waals surface area (Å²) in [5, 5.41) is 17.2. The van der Waals surface area contributed by atoms with E-state index in [0.29, 0.717) is 44.9 Å². The van der Waals surface area contributed by atoms with E-state index in [-0.39, 0.29) is 18.3 Å². The zero-order chi connectivity index (χ0) is 26.9. The summed E-state index contributed by atoms with van der Waals surface area (Å²) < 4.78 is 10.9. The maximum absolute atomic E-state index is 13.0. The van der Waals surface area contributed by atoms with Gasteiger partial charge in [-0.25, -0.2) is 4.79 Å². The minimum absolute atomic E-state index is 0.0402. The van der Waals surface area contributed by atoms with Gasteiger partial charge in [0.25, 0.3) is 0 Å². The van der Waals surface area contributed by atoms with Crippen LogP contribution >= 0.6 is 23.4 Å². The van der Waals surface area contributed by atoms with E-state index in [1.807, 2.05) is 32.0 Å². The smallest absolute Gasteiger partial charge is 0.337 e. The number of dihydropyridines is 1. The molecule has 1 atom stereocenters. The summed E-state index contributed by atoms with van der Waals surface area (Å²) in [5.41, 5.74) is 3.41. The second-order valence-electron chi connectivity index (χ2n) is 8.14. The number of benzene rings is 2. The zero-order valence-electron chi connectivity index (χ0n) is 20.9. The van der Waals surface area contributed by atoms with Crippen LogP contribution in [-0.4, -0.2) is 30.8 Å². The van der Waals surface area contributed by atoms with Crippen molar-refractivity contribution in [3.63, 3.8) is 0 Å². The molecule has 2 aromatic carbocycles. The largest absolute Gasteiger partial charge is 0.494 e. The third-order valence-electron chi connectivity index (χ3n) is 5.53. The second-order valence-corrected chi connectivity index (χ2v) is 9.53. The highest BCUT2D eigenvalue weighted by molar-refractivity contribution is 8.03. The summed E-state index contributed by atoms with van der Waals surface area (Å²) in [6.07, 6.45) is 1.48. The molecule has 3 rings (SSSR count). The van der Waals surface area contributed by atoms with Crippen molar-refractivity contribution in [3.05, 3.63) is 93.1 Å². The molecule has 0 bridgehead atoms. The Morgan fingerprint density at radius 3 is 2.59 bits per heavy atom. The number of amides is 1. The summed E-state index contributed by atoms with van der Waals surface area (Å²) in [6.45, 7) is 9.67. The number of thioether (sulfide) groups is 1. The molecule has 7 nitrogen and oxygen atoms in total. The zero-order valence-corrected chi connectivity index (χ0v) is 22.5. The van der Waals surface area contributed by atoms with Crippen LogP contribution in [0.15, 0.2) is 77.0 Å². The topological polar surface area (TPSA) is 100 Å². The predicted octanol–water partition coefficient (Wildman–Crippen LogP) is 5.84. The highest BCUT2D eigenvalue weighted by atomic mass is 35.5. The van der Waals surface area contributed by atoms with Crippen LogP contribution < -0.4 is 15.4 Å². The number of carbonyl (C=O) groups is 2. The fourth-order valence-electron chi connectivity index (χ4n) is 3.77. The minimum Gasteiger partial charge on any atom is -0.494 e. The van der Waals surface area contributed by atoms with Crippen LogP contribution in [0.2, 0.25) is 5.02 Å². The standard InChI is InChI=1S/C28H28ClN3O4S/c1-5-13-36-28(34)25-18(4)31-27(37-16-24(33)32-20-10-7-17(3)23(29)14-20)22(15-30)26(25)19-8-11-21(12-9-19)35-6-2/h5,7-12,14,26,31H,1,6,13,16H2,2-4H3,(H,32,33)/t26-/m0/s1. The van der Waals surface area contributed by atoms with Crippen molar-refractivity contribution in [3.8, 4) is 11.8 Å². The lowest BCUT2D eigenvalue weighted by atomic mass is 9.82. The van der Waals surface area contributed by atoms with Gasteiger partial charge in [0.15, 0.2) is 0 Å². The highest BCUT2D eigenvalue weighted by Crippen LogP contribution is 2.41. The van der Waals surface area contributed by atoms with E-state index in [9.17, 15) is 14.9 Å². The number of aryl methyl sites for hydroxylation is 1. The van der Waals surface area contributed by atoms with E-state index >= 15 is 0 Å². The molecule has 0 aliphatic carbocycles. The Morgan fingerprint density at radius 1 is 1.24 bits per heavy atom. The molecule has 0 spiro atoms. The Balaban J connectivity index is 1.90. The fourth-order valence-corrected chi connectivity index (χ4v) is 4.84. The molecular weight excluding hydrogens is 510 g/mol. The highest BCUT2D eigenvalue weighted by Gasteiger charge is 2.35. The summed E-state index contributed by atoms with van der Waals surface area (Å²) in [6, 6.07) is 14.8. The first-order chi connectivity index (χ1) is 17.8. The molecule has 192 valence electrons. The van der Waals surface area contributed by atoms with E-state index in [1.165, 1.54) is 17.8 Å². The average Bonchev–Trinajstić information content (AvgIpc) is 2.88. The molecule has 0 unspecified atom stereocenters. The SMILES string of the molecule is C=CCOC(=O)C1=C(C)NC(SCC(=O)Nc2ccc(C)c(Cl)c2)=C(C#N)[C@@H]1c1ccc(OCC)cc1. The van der Waals surface area contributed by atoms with Gasteiger partial charge in [-0.3, -0.25) is 4.79 Å². The summed E-state index contributed by atoms with van der Waals surface area (Å²) in [7, 11) is 0. The van der Waals surface area contributed by atoms with E-state index in [2.05, 4.69) is 23.3 Å². The predicted molar refractivity (Wildman–Crippen MR) is 147 cm³/mol. The van der Waals surface area contributed by atoms with Gasteiger partial charge in [-0.15, -0.1) is 0 Å². The summed E-state index contributed by atoms with van der Waals surface area (Å²) in [5.74, 6) is -0.762.